The molecule has 5 heteroatoms. The topological polar surface area (TPSA) is 57.8 Å². The average Bonchev–Trinajstić information content (AvgIpc) is 2.60. The summed E-state index contributed by atoms with van der Waals surface area (Å²) in [5.74, 6) is 0.304. The lowest BCUT2D eigenvalue weighted by Gasteiger charge is -2.12. The number of rotatable bonds is 0. The number of benzene rings is 1. The van der Waals surface area contributed by atoms with Crippen molar-refractivity contribution >= 4 is 17.0 Å². The van der Waals surface area contributed by atoms with Crippen molar-refractivity contribution in [3.05, 3.63) is 24.3 Å². The summed E-state index contributed by atoms with van der Waals surface area (Å²) in [5.41, 5.74) is 1.66. The summed E-state index contributed by atoms with van der Waals surface area (Å²) < 4.78 is 1.51. The van der Waals surface area contributed by atoms with Gasteiger partial charge in [0.1, 0.15) is 5.52 Å². The molecule has 14 heavy (non-hydrogen) atoms. The summed E-state index contributed by atoms with van der Waals surface area (Å²) in [6.45, 7) is 0. The Morgan fingerprint density at radius 3 is 2.79 bits per heavy atom. The summed E-state index contributed by atoms with van der Waals surface area (Å²) in [6, 6.07) is 7.58. The first-order valence-corrected chi connectivity index (χ1v) is 4.27. The molecule has 2 aromatic rings. The van der Waals surface area contributed by atoms with E-state index >= 15 is 0 Å². The highest BCUT2D eigenvalue weighted by Gasteiger charge is 2.08. The quantitative estimate of drug-likeness (QED) is 0.492. The molecule has 0 saturated carbocycles. The molecule has 1 heterocycles. The lowest BCUT2D eigenvalue weighted by molar-refractivity contribution is 0.575. The van der Waals surface area contributed by atoms with Crippen LogP contribution in [0, 0.1) is 5.41 Å². The maximum absolute atomic E-state index is 7.77. The van der Waals surface area contributed by atoms with Gasteiger partial charge in [0.05, 0.1) is 5.52 Å². The van der Waals surface area contributed by atoms with Crippen LogP contribution in [0.2, 0.25) is 0 Å². The zero-order valence-electron chi connectivity index (χ0n) is 8.10. The van der Waals surface area contributed by atoms with Crippen LogP contribution in [-0.4, -0.2) is 39.9 Å². The van der Waals surface area contributed by atoms with Gasteiger partial charge in [0.2, 0.25) is 5.96 Å². The Morgan fingerprint density at radius 2 is 2.07 bits per heavy atom. The predicted molar refractivity (Wildman–Crippen MR) is 54.3 cm³/mol. The second-order valence-corrected chi connectivity index (χ2v) is 3.21. The molecule has 0 atom stereocenters. The van der Waals surface area contributed by atoms with E-state index in [1.165, 1.54) is 4.68 Å². The van der Waals surface area contributed by atoms with Crippen molar-refractivity contribution in [1.82, 2.24) is 19.9 Å². The molecule has 0 bridgehead atoms. The van der Waals surface area contributed by atoms with Gasteiger partial charge in [-0.05, 0) is 12.1 Å². The first-order valence-electron chi connectivity index (χ1n) is 4.27. The van der Waals surface area contributed by atoms with Crippen LogP contribution in [-0.2, 0) is 0 Å². The fourth-order valence-corrected chi connectivity index (χ4v) is 1.21. The molecular weight excluding hydrogens is 178 g/mol. The molecule has 1 N–H and O–H groups in total. The zero-order chi connectivity index (χ0) is 10.1. The molecule has 72 valence electrons. The van der Waals surface area contributed by atoms with E-state index in [0.29, 0.717) is 5.96 Å². The van der Waals surface area contributed by atoms with E-state index in [4.69, 9.17) is 5.41 Å². The molecule has 0 fully saturated rings. The van der Waals surface area contributed by atoms with Gasteiger partial charge in [0.15, 0.2) is 0 Å². The molecular formula is C9H11N5. The van der Waals surface area contributed by atoms with Crippen LogP contribution in [0.15, 0.2) is 24.3 Å². The monoisotopic (exact) mass is 189 g/mol. The normalized spacial score (nSPS) is 10.4. The number of hydrogen-bond donors (Lipinski definition) is 1. The predicted octanol–water partition coefficient (Wildman–Crippen LogP) is 0.776. The Morgan fingerprint density at radius 1 is 1.36 bits per heavy atom. The molecule has 0 aliphatic carbocycles. The van der Waals surface area contributed by atoms with Gasteiger partial charge in [-0.15, -0.1) is 5.10 Å². The highest BCUT2D eigenvalue weighted by Crippen LogP contribution is 2.09. The van der Waals surface area contributed by atoms with Crippen molar-refractivity contribution in [1.29, 1.82) is 5.41 Å². The molecule has 1 aromatic heterocycles. The second-order valence-electron chi connectivity index (χ2n) is 3.21. The Hall–Kier alpha value is -1.91. The minimum Gasteiger partial charge on any atom is -0.347 e. The summed E-state index contributed by atoms with van der Waals surface area (Å²) >= 11 is 0. The number of hydrogen-bond acceptors (Lipinski definition) is 3. The van der Waals surface area contributed by atoms with E-state index in [9.17, 15) is 0 Å². The smallest absolute Gasteiger partial charge is 0.220 e. The SMILES string of the molecule is CN(C)C(=N)n1nnc2ccccc21. The van der Waals surface area contributed by atoms with Gasteiger partial charge in [-0.2, -0.15) is 4.68 Å². The molecule has 2 rings (SSSR count). The van der Waals surface area contributed by atoms with Gasteiger partial charge in [-0.1, -0.05) is 17.3 Å². The lowest BCUT2D eigenvalue weighted by atomic mass is 10.3. The standard InChI is InChI=1S/C9H11N5/c1-13(2)9(10)14-8-6-4-3-5-7(8)11-12-14/h3-6,10H,1-2H3. The van der Waals surface area contributed by atoms with E-state index in [2.05, 4.69) is 10.3 Å². The minimum absolute atomic E-state index is 0.304. The largest absolute Gasteiger partial charge is 0.347 e. The number of fused-ring (bicyclic) bond motifs is 1. The highest BCUT2D eigenvalue weighted by molar-refractivity contribution is 5.88. The Balaban J connectivity index is 2.58. The van der Waals surface area contributed by atoms with E-state index in [1.807, 2.05) is 24.3 Å². The second kappa shape index (κ2) is 3.10. The van der Waals surface area contributed by atoms with Crippen LogP contribution in [0.3, 0.4) is 0 Å². The first-order chi connectivity index (χ1) is 6.70. The summed E-state index contributed by atoms with van der Waals surface area (Å²) in [7, 11) is 3.61. The third-order valence-electron chi connectivity index (χ3n) is 1.98. The van der Waals surface area contributed by atoms with Gasteiger partial charge in [0.25, 0.3) is 0 Å². The van der Waals surface area contributed by atoms with Crippen LogP contribution in [0.5, 0.6) is 0 Å². The fraction of sp³-hybridized carbons (Fsp3) is 0.222. The van der Waals surface area contributed by atoms with Gasteiger partial charge in [-0.25, -0.2) is 0 Å². The number of nitrogens with zero attached hydrogens (tertiary/aromatic N) is 4. The summed E-state index contributed by atoms with van der Waals surface area (Å²) in [5, 5.41) is 15.7. The van der Waals surface area contributed by atoms with E-state index in [-0.39, 0.29) is 0 Å². The molecule has 0 unspecified atom stereocenters. The van der Waals surface area contributed by atoms with Crippen LogP contribution in [0.1, 0.15) is 0 Å². The highest BCUT2D eigenvalue weighted by atomic mass is 15.5. The average molecular weight is 189 g/mol. The zero-order valence-corrected chi connectivity index (χ0v) is 8.10. The van der Waals surface area contributed by atoms with E-state index in [0.717, 1.165) is 11.0 Å². The van der Waals surface area contributed by atoms with Crippen LogP contribution < -0.4 is 0 Å². The van der Waals surface area contributed by atoms with Gasteiger partial charge < -0.3 is 4.90 Å². The number of nitrogens with one attached hydrogen (secondary N) is 1. The van der Waals surface area contributed by atoms with Crippen LogP contribution in [0.4, 0.5) is 0 Å². The van der Waals surface area contributed by atoms with Crippen molar-refractivity contribution in [2.45, 2.75) is 0 Å². The van der Waals surface area contributed by atoms with Crippen molar-refractivity contribution < 1.29 is 0 Å². The summed E-state index contributed by atoms with van der Waals surface area (Å²) in [6.07, 6.45) is 0. The third-order valence-corrected chi connectivity index (χ3v) is 1.98. The molecule has 5 nitrogen and oxygen atoms in total. The van der Waals surface area contributed by atoms with Gasteiger partial charge in [-0.3, -0.25) is 5.41 Å². The molecule has 0 aliphatic heterocycles. The molecule has 0 saturated heterocycles. The Kier molecular flexibility index (Phi) is 1.92. The third kappa shape index (κ3) is 1.22. The Labute approximate surface area is 81.4 Å². The molecule has 1 aromatic carbocycles. The van der Waals surface area contributed by atoms with E-state index in [1.54, 1.807) is 19.0 Å². The Bertz CT molecular complexity index is 471. The van der Waals surface area contributed by atoms with Gasteiger partial charge >= 0.3 is 0 Å². The summed E-state index contributed by atoms with van der Waals surface area (Å²) in [4.78, 5) is 1.68. The van der Waals surface area contributed by atoms with Crippen LogP contribution in [0.25, 0.3) is 11.0 Å². The fourth-order valence-electron chi connectivity index (χ4n) is 1.21. The van der Waals surface area contributed by atoms with Crippen molar-refractivity contribution in [2.75, 3.05) is 14.1 Å². The molecule has 0 spiro atoms. The van der Waals surface area contributed by atoms with Crippen molar-refractivity contribution in [3.63, 3.8) is 0 Å². The maximum atomic E-state index is 7.77. The number of para-hydroxylation sites is 1. The van der Waals surface area contributed by atoms with Crippen molar-refractivity contribution in [3.8, 4) is 0 Å². The van der Waals surface area contributed by atoms with Crippen molar-refractivity contribution in [2.24, 2.45) is 0 Å². The first kappa shape index (κ1) is 8.68. The van der Waals surface area contributed by atoms with E-state index < -0.39 is 0 Å². The number of aromatic nitrogens is 3. The van der Waals surface area contributed by atoms with Gasteiger partial charge in [0, 0.05) is 14.1 Å². The van der Waals surface area contributed by atoms with Crippen LogP contribution >= 0.6 is 0 Å². The maximum Gasteiger partial charge on any atom is 0.220 e. The minimum atomic E-state index is 0.304. The molecule has 0 aliphatic rings. The molecule has 0 amide bonds. The lowest BCUT2D eigenvalue weighted by Crippen LogP contribution is -2.28. The molecule has 0 radical (unpaired) electrons.